The summed E-state index contributed by atoms with van der Waals surface area (Å²) in [5, 5.41) is 0. The summed E-state index contributed by atoms with van der Waals surface area (Å²) in [6, 6.07) is 0. The molecule has 0 aromatic carbocycles. The zero-order valence-electron chi connectivity index (χ0n) is 4.86. The Morgan fingerprint density at radius 3 is 2.44 bits per heavy atom. The molecule has 1 heteroatoms. The molecule has 0 fully saturated rings. The Morgan fingerprint density at radius 2 is 1.56 bits per heavy atom. The summed E-state index contributed by atoms with van der Waals surface area (Å²) in [6.45, 7) is 0. The van der Waals surface area contributed by atoms with Gasteiger partial charge >= 0.3 is 62.5 Å². The fourth-order valence-electron chi connectivity index (χ4n) is 0.531. The van der Waals surface area contributed by atoms with Crippen LogP contribution in [0.5, 0.6) is 0 Å². The molecule has 1 rings (SSSR count). The van der Waals surface area contributed by atoms with Gasteiger partial charge in [-0.1, -0.05) is 0 Å². The Bertz CT molecular complexity index is 195. The second kappa shape index (κ2) is 3.47. The van der Waals surface area contributed by atoms with E-state index in [2.05, 4.69) is 15.5 Å². The van der Waals surface area contributed by atoms with Crippen LogP contribution in [0.2, 0.25) is 0 Å². The molecule has 0 spiro atoms. The number of allylic oxidation sites excluding steroid dienone is 8. The minimum absolute atomic E-state index is 0.913. The van der Waals surface area contributed by atoms with Gasteiger partial charge in [-0.15, -0.1) is 0 Å². The molecule has 0 radical (unpaired) electrons. The first kappa shape index (κ1) is 6.57. The summed E-state index contributed by atoms with van der Waals surface area (Å²) in [5.74, 6) is 0. The van der Waals surface area contributed by atoms with Crippen LogP contribution < -0.4 is 0 Å². The van der Waals surface area contributed by atoms with E-state index < -0.39 is 0 Å². The van der Waals surface area contributed by atoms with Gasteiger partial charge in [-0.05, 0) is 0 Å². The Hall–Kier alpha value is -0.546. The van der Waals surface area contributed by atoms with Crippen LogP contribution in [0.15, 0.2) is 47.1 Å². The van der Waals surface area contributed by atoms with Gasteiger partial charge in [0.1, 0.15) is 0 Å². The Labute approximate surface area is 63.0 Å². The third-order valence-electron chi connectivity index (χ3n) is 0.935. The van der Waals surface area contributed by atoms with Crippen molar-refractivity contribution in [2.45, 2.75) is 0 Å². The van der Waals surface area contributed by atoms with Crippen LogP contribution in [0.4, 0.5) is 0 Å². The standard InChI is InChI=1S/C8H7.Ni/c1-2-4-6-8-7-5-3-1;/h1-7H;. The van der Waals surface area contributed by atoms with Crippen molar-refractivity contribution < 1.29 is 15.5 Å². The van der Waals surface area contributed by atoms with E-state index in [9.17, 15) is 0 Å². The van der Waals surface area contributed by atoms with Gasteiger partial charge in [0.2, 0.25) is 0 Å². The van der Waals surface area contributed by atoms with E-state index in [-0.39, 0.29) is 0 Å². The molecule has 0 heterocycles. The summed E-state index contributed by atoms with van der Waals surface area (Å²) < 4.78 is 0.913. The normalized spacial score (nSPS) is 16.9. The second-order valence-electron chi connectivity index (χ2n) is 1.64. The van der Waals surface area contributed by atoms with Crippen molar-refractivity contribution in [3.8, 4) is 0 Å². The van der Waals surface area contributed by atoms with Gasteiger partial charge < -0.3 is 0 Å². The van der Waals surface area contributed by atoms with Crippen molar-refractivity contribution in [1.29, 1.82) is 0 Å². The molecule has 0 bridgehead atoms. The van der Waals surface area contributed by atoms with E-state index in [1.54, 1.807) is 0 Å². The molecule has 0 saturated heterocycles. The quantitative estimate of drug-likeness (QED) is 0.478. The summed E-state index contributed by atoms with van der Waals surface area (Å²) in [4.78, 5) is 0. The van der Waals surface area contributed by atoms with Crippen LogP contribution in [-0.4, -0.2) is 0 Å². The van der Waals surface area contributed by atoms with E-state index in [1.807, 2.05) is 42.5 Å². The fourth-order valence-corrected chi connectivity index (χ4v) is 0.721. The van der Waals surface area contributed by atoms with Crippen LogP contribution in [0.1, 0.15) is 0 Å². The van der Waals surface area contributed by atoms with Crippen molar-refractivity contribution in [2.24, 2.45) is 0 Å². The molecule has 0 unspecified atom stereocenters. The van der Waals surface area contributed by atoms with E-state index in [0.29, 0.717) is 0 Å². The van der Waals surface area contributed by atoms with Crippen LogP contribution in [-0.2, 0) is 15.5 Å². The van der Waals surface area contributed by atoms with Crippen LogP contribution in [0.3, 0.4) is 0 Å². The number of rotatable bonds is 0. The zero-order valence-corrected chi connectivity index (χ0v) is 5.85. The monoisotopic (exact) mass is 161 g/mol. The Morgan fingerprint density at radius 1 is 0.889 bits per heavy atom. The predicted molar refractivity (Wildman–Crippen MR) is 35.5 cm³/mol. The zero-order chi connectivity index (χ0) is 6.53. The molecular weight excluding hydrogens is 155 g/mol. The summed E-state index contributed by atoms with van der Waals surface area (Å²) in [6.07, 6.45) is 13.6. The summed E-state index contributed by atoms with van der Waals surface area (Å²) in [5.41, 5.74) is 0. The van der Waals surface area contributed by atoms with Crippen molar-refractivity contribution in [3.63, 3.8) is 0 Å². The maximum absolute atomic E-state index is 4.64. The maximum atomic E-state index is 4.64. The van der Waals surface area contributed by atoms with Crippen molar-refractivity contribution in [3.05, 3.63) is 47.1 Å². The molecule has 0 N–H and O–H groups in total. The van der Waals surface area contributed by atoms with E-state index in [1.165, 1.54) is 0 Å². The van der Waals surface area contributed by atoms with Gasteiger partial charge in [0, 0.05) is 0 Å². The average Bonchev–Trinajstić information content (AvgIpc) is 1.79. The number of hydrogen-bond donors (Lipinski definition) is 0. The van der Waals surface area contributed by atoms with Gasteiger partial charge in [0.05, 0.1) is 0 Å². The Kier molecular flexibility index (Phi) is 2.54. The van der Waals surface area contributed by atoms with E-state index >= 15 is 0 Å². The molecule has 1 aliphatic carbocycles. The molecule has 0 atom stereocenters. The van der Waals surface area contributed by atoms with Crippen molar-refractivity contribution >= 4 is 0 Å². The molecule has 0 aromatic heterocycles. The topological polar surface area (TPSA) is 0 Å². The predicted octanol–water partition coefficient (Wildman–Crippen LogP) is 2.10. The average molecular weight is 162 g/mol. The van der Waals surface area contributed by atoms with Crippen LogP contribution >= 0.6 is 0 Å². The van der Waals surface area contributed by atoms with Gasteiger partial charge in [0.15, 0.2) is 0 Å². The SMILES string of the molecule is [Ni][C]1=CC=CC=CC=C1. The summed E-state index contributed by atoms with van der Waals surface area (Å²) >= 11 is 4.64. The molecule has 0 saturated carbocycles. The molecular formula is C8H7Ni. The molecule has 49 valence electrons. The first-order valence-corrected chi connectivity index (χ1v) is 3.23. The molecule has 1 aliphatic rings. The molecule has 0 amide bonds. The van der Waals surface area contributed by atoms with Crippen molar-refractivity contribution in [1.82, 2.24) is 0 Å². The van der Waals surface area contributed by atoms with E-state index in [0.717, 1.165) is 4.54 Å². The summed E-state index contributed by atoms with van der Waals surface area (Å²) in [7, 11) is 0. The Balaban J connectivity index is 2.77. The van der Waals surface area contributed by atoms with Gasteiger partial charge in [0.25, 0.3) is 0 Å². The first-order valence-electron chi connectivity index (χ1n) is 2.74. The molecule has 9 heavy (non-hydrogen) atoms. The first-order chi connectivity index (χ1) is 4.39. The van der Waals surface area contributed by atoms with Gasteiger partial charge in [-0.2, -0.15) is 0 Å². The van der Waals surface area contributed by atoms with Crippen LogP contribution in [0.25, 0.3) is 0 Å². The molecule has 0 aromatic rings. The second-order valence-corrected chi connectivity index (χ2v) is 2.22. The fraction of sp³-hybridized carbons (Fsp3) is 0. The molecule has 0 aliphatic heterocycles. The van der Waals surface area contributed by atoms with E-state index in [4.69, 9.17) is 0 Å². The molecule has 0 nitrogen and oxygen atoms in total. The third kappa shape index (κ3) is 2.48. The third-order valence-corrected chi connectivity index (χ3v) is 1.26. The number of hydrogen-bond acceptors (Lipinski definition) is 0. The van der Waals surface area contributed by atoms with Crippen LogP contribution in [0, 0.1) is 0 Å². The van der Waals surface area contributed by atoms with Gasteiger partial charge in [-0.25, -0.2) is 0 Å². The van der Waals surface area contributed by atoms with Crippen molar-refractivity contribution in [2.75, 3.05) is 0 Å². The van der Waals surface area contributed by atoms with Gasteiger partial charge in [-0.3, -0.25) is 0 Å². The minimum atomic E-state index is 0.913.